The first kappa shape index (κ1) is 22.9. The number of unbranched alkanes of at least 4 members (excludes halogenated alkanes) is 1. The maximum atomic E-state index is 5.63. The predicted molar refractivity (Wildman–Crippen MR) is 133 cm³/mol. The van der Waals surface area contributed by atoms with Gasteiger partial charge in [-0.05, 0) is 80.2 Å². The Morgan fingerprint density at radius 2 is 1.71 bits per heavy atom. The van der Waals surface area contributed by atoms with Gasteiger partial charge in [0.05, 0.1) is 6.10 Å². The summed E-state index contributed by atoms with van der Waals surface area (Å²) in [6, 6.07) is 7.39. The van der Waals surface area contributed by atoms with Crippen molar-refractivity contribution in [3.63, 3.8) is 0 Å². The summed E-state index contributed by atoms with van der Waals surface area (Å²) in [6.45, 7) is 15.4. The van der Waals surface area contributed by atoms with Gasteiger partial charge >= 0.3 is 0 Å². The lowest BCUT2D eigenvalue weighted by Crippen LogP contribution is -2.47. The SMILES string of the molecule is CCCCN1CCN(c2ccc(N3CC[C@@H](OC)C3)cc2C2CCC(C)(C)CC2)CC1. The molecule has 2 heterocycles. The Balaban J connectivity index is 1.53. The molecule has 1 aliphatic carbocycles. The van der Waals surface area contributed by atoms with Crippen molar-refractivity contribution < 1.29 is 4.74 Å². The molecule has 174 valence electrons. The molecule has 2 aliphatic heterocycles. The zero-order valence-corrected chi connectivity index (χ0v) is 20.5. The van der Waals surface area contributed by atoms with E-state index in [1.807, 2.05) is 7.11 Å². The van der Waals surface area contributed by atoms with Crippen LogP contribution >= 0.6 is 0 Å². The average Bonchev–Trinajstić information content (AvgIpc) is 3.27. The predicted octanol–water partition coefficient (Wildman–Crippen LogP) is 5.52. The van der Waals surface area contributed by atoms with E-state index in [0.717, 1.165) is 19.5 Å². The van der Waals surface area contributed by atoms with E-state index in [4.69, 9.17) is 4.74 Å². The third-order valence-electron chi connectivity index (χ3n) is 8.17. The van der Waals surface area contributed by atoms with Gasteiger partial charge in [-0.1, -0.05) is 27.2 Å². The molecule has 0 aromatic heterocycles. The summed E-state index contributed by atoms with van der Waals surface area (Å²) in [7, 11) is 1.85. The minimum absolute atomic E-state index is 0.384. The van der Waals surface area contributed by atoms with Crippen molar-refractivity contribution in [1.29, 1.82) is 0 Å². The zero-order valence-electron chi connectivity index (χ0n) is 20.5. The molecule has 31 heavy (non-hydrogen) atoms. The molecule has 1 aromatic rings. The summed E-state index contributed by atoms with van der Waals surface area (Å²) in [5, 5.41) is 0. The van der Waals surface area contributed by atoms with Crippen molar-refractivity contribution in [3.05, 3.63) is 23.8 Å². The summed E-state index contributed by atoms with van der Waals surface area (Å²) in [6.07, 6.45) is 9.52. The van der Waals surface area contributed by atoms with Gasteiger partial charge in [-0.2, -0.15) is 0 Å². The van der Waals surface area contributed by atoms with Crippen LogP contribution < -0.4 is 9.80 Å². The molecule has 0 unspecified atom stereocenters. The van der Waals surface area contributed by atoms with Gasteiger partial charge in [0.2, 0.25) is 0 Å². The third kappa shape index (κ3) is 5.57. The van der Waals surface area contributed by atoms with E-state index in [-0.39, 0.29) is 0 Å². The molecule has 0 amide bonds. The first-order valence-corrected chi connectivity index (χ1v) is 12.9. The lowest BCUT2D eigenvalue weighted by Gasteiger charge is -2.40. The van der Waals surface area contributed by atoms with Crippen LogP contribution in [-0.4, -0.2) is 63.9 Å². The molecule has 1 saturated carbocycles. The second kappa shape index (κ2) is 10.1. The fourth-order valence-corrected chi connectivity index (χ4v) is 5.81. The average molecular weight is 428 g/mol. The highest BCUT2D eigenvalue weighted by Gasteiger charge is 2.31. The zero-order chi connectivity index (χ0) is 21.8. The number of rotatable bonds is 7. The number of ether oxygens (including phenoxy) is 1. The van der Waals surface area contributed by atoms with Crippen LogP contribution in [0.5, 0.6) is 0 Å². The van der Waals surface area contributed by atoms with Gasteiger partial charge in [0.1, 0.15) is 0 Å². The molecular weight excluding hydrogens is 382 g/mol. The van der Waals surface area contributed by atoms with Gasteiger partial charge in [0, 0.05) is 57.8 Å². The van der Waals surface area contributed by atoms with Crippen molar-refractivity contribution in [2.75, 3.05) is 62.7 Å². The van der Waals surface area contributed by atoms with E-state index in [0.29, 0.717) is 17.4 Å². The molecule has 1 atom stereocenters. The molecule has 4 nitrogen and oxygen atoms in total. The maximum absolute atomic E-state index is 5.63. The van der Waals surface area contributed by atoms with E-state index in [9.17, 15) is 0 Å². The Kier molecular flexibility index (Phi) is 7.48. The minimum atomic E-state index is 0.384. The summed E-state index contributed by atoms with van der Waals surface area (Å²) < 4.78 is 5.63. The van der Waals surface area contributed by atoms with Crippen LogP contribution in [0, 0.1) is 5.41 Å². The first-order valence-electron chi connectivity index (χ1n) is 12.9. The van der Waals surface area contributed by atoms with E-state index in [2.05, 4.69) is 53.7 Å². The Morgan fingerprint density at radius 1 is 0.968 bits per heavy atom. The van der Waals surface area contributed by atoms with Crippen molar-refractivity contribution in [3.8, 4) is 0 Å². The van der Waals surface area contributed by atoms with Gasteiger partial charge in [-0.15, -0.1) is 0 Å². The van der Waals surface area contributed by atoms with Crippen molar-refractivity contribution in [2.24, 2.45) is 5.41 Å². The highest BCUT2D eigenvalue weighted by Crippen LogP contribution is 2.46. The molecular formula is C27H45N3O. The number of methoxy groups -OCH3 is 1. The lowest BCUT2D eigenvalue weighted by molar-refractivity contribution is 0.121. The van der Waals surface area contributed by atoms with Crippen LogP contribution in [0.15, 0.2) is 18.2 Å². The fourth-order valence-electron chi connectivity index (χ4n) is 5.81. The Labute approximate surface area is 190 Å². The summed E-state index contributed by atoms with van der Waals surface area (Å²) in [5.74, 6) is 0.710. The van der Waals surface area contributed by atoms with Crippen molar-refractivity contribution in [2.45, 2.75) is 77.7 Å². The number of anilines is 2. The van der Waals surface area contributed by atoms with Crippen LogP contribution in [0.25, 0.3) is 0 Å². The minimum Gasteiger partial charge on any atom is -0.380 e. The standard InChI is InChI=1S/C27H45N3O/c1-5-6-14-28-16-18-29(19-17-28)26-8-7-23(30-15-11-24(21-30)31-4)20-25(26)22-9-12-27(2,3)13-10-22/h7-8,20,22,24H,5-6,9-19,21H2,1-4H3/t24-/m1/s1. The molecule has 2 saturated heterocycles. The first-order chi connectivity index (χ1) is 15.0. The molecule has 4 rings (SSSR count). The molecule has 3 fully saturated rings. The Bertz CT molecular complexity index is 700. The van der Waals surface area contributed by atoms with Crippen molar-refractivity contribution >= 4 is 11.4 Å². The quantitative estimate of drug-likeness (QED) is 0.570. The molecule has 0 N–H and O–H groups in total. The molecule has 0 bridgehead atoms. The van der Waals surface area contributed by atoms with Gasteiger partial charge < -0.3 is 14.5 Å². The van der Waals surface area contributed by atoms with Crippen LogP contribution in [0.1, 0.15) is 77.2 Å². The van der Waals surface area contributed by atoms with Crippen LogP contribution in [0.2, 0.25) is 0 Å². The topological polar surface area (TPSA) is 19.0 Å². The molecule has 4 heteroatoms. The largest absolute Gasteiger partial charge is 0.380 e. The van der Waals surface area contributed by atoms with Crippen molar-refractivity contribution in [1.82, 2.24) is 4.90 Å². The van der Waals surface area contributed by atoms with Gasteiger partial charge in [0.15, 0.2) is 0 Å². The highest BCUT2D eigenvalue weighted by molar-refractivity contribution is 5.64. The number of piperazine rings is 1. The fraction of sp³-hybridized carbons (Fsp3) is 0.778. The van der Waals surface area contributed by atoms with Gasteiger partial charge in [-0.25, -0.2) is 0 Å². The summed E-state index contributed by atoms with van der Waals surface area (Å²) in [5.41, 5.74) is 5.06. The number of hydrogen-bond donors (Lipinski definition) is 0. The monoisotopic (exact) mass is 427 g/mol. The van der Waals surface area contributed by atoms with Gasteiger partial charge in [0.25, 0.3) is 0 Å². The molecule has 1 aromatic carbocycles. The number of hydrogen-bond acceptors (Lipinski definition) is 4. The van der Waals surface area contributed by atoms with Crippen LogP contribution in [0.4, 0.5) is 11.4 Å². The number of nitrogens with zero attached hydrogens (tertiary/aromatic N) is 3. The second-order valence-corrected chi connectivity index (χ2v) is 11.0. The molecule has 0 spiro atoms. The van der Waals surface area contributed by atoms with E-state index in [1.165, 1.54) is 82.6 Å². The second-order valence-electron chi connectivity index (χ2n) is 11.0. The smallest absolute Gasteiger partial charge is 0.0762 e. The molecule has 0 radical (unpaired) electrons. The van der Waals surface area contributed by atoms with Gasteiger partial charge in [-0.3, -0.25) is 4.90 Å². The highest BCUT2D eigenvalue weighted by atomic mass is 16.5. The Morgan fingerprint density at radius 3 is 2.35 bits per heavy atom. The van der Waals surface area contributed by atoms with Crippen LogP contribution in [0.3, 0.4) is 0 Å². The molecule has 3 aliphatic rings. The van der Waals surface area contributed by atoms with E-state index < -0.39 is 0 Å². The van der Waals surface area contributed by atoms with E-state index in [1.54, 1.807) is 5.56 Å². The van der Waals surface area contributed by atoms with E-state index >= 15 is 0 Å². The maximum Gasteiger partial charge on any atom is 0.0762 e. The summed E-state index contributed by atoms with van der Waals surface area (Å²) >= 11 is 0. The van der Waals surface area contributed by atoms with Crippen LogP contribution in [-0.2, 0) is 4.74 Å². The third-order valence-corrected chi connectivity index (χ3v) is 8.17. The normalized spacial score (nSPS) is 25.4. The Hall–Kier alpha value is -1.26. The number of benzene rings is 1. The summed E-state index contributed by atoms with van der Waals surface area (Å²) in [4.78, 5) is 7.88. The lowest BCUT2D eigenvalue weighted by atomic mass is 9.71.